The molecule has 0 heterocycles. The van der Waals surface area contributed by atoms with E-state index < -0.39 is 0 Å². The molecule has 1 unspecified atom stereocenters. The second-order valence-electron chi connectivity index (χ2n) is 4.80. The van der Waals surface area contributed by atoms with E-state index in [2.05, 4.69) is 38.2 Å². The molecule has 0 saturated heterocycles. The molecule has 1 aliphatic rings. The average Bonchev–Trinajstić information content (AvgIpc) is 2.83. The van der Waals surface area contributed by atoms with E-state index >= 15 is 0 Å². The summed E-state index contributed by atoms with van der Waals surface area (Å²) in [6.07, 6.45) is 2.91. The van der Waals surface area contributed by atoms with Crippen molar-refractivity contribution in [2.75, 3.05) is 27.2 Å². The van der Waals surface area contributed by atoms with Crippen LogP contribution in [0.15, 0.2) is 0 Å². The first kappa shape index (κ1) is 11.0. The maximum absolute atomic E-state index is 3.38. The average molecular weight is 184 g/mol. The second-order valence-corrected chi connectivity index (χ2v) is 4.80. The molecule has 0 aromatic rings. The van der Waals surface area contributed by atoms with Gasteiger partial charge in [-0.25, -0.2) is 0 Å². The first-order valence-electron chi connectivity index (χ1n) is 5.49. The number of hydrogen-bond acceptors (Lipinski definition) is 2. The summed E-state index contributed by atoms with van der Waals surface area (Å²) >= 11 is 0. The summed E-state index contributed by atoms with van der Waals surface area (Å²) in [7, 11) is 4.31. The molecule has 1 saturated carbocycles. The predicted molar refractivity (Wildman–Crippen MR) is 57.9 cm³/mol. The quantitative estimate of drug-likeness (QED) is 0.674. The van der Waals surface area contributed by atoms with Crippen LogP contribution in [0.2, 0.25) is 0 Å². The molecule has 1 fully saturated rings. The summed E-state index contributed by atoms with van der Waals surface area (Å²) in [5, 5.41) is 3.38. The van der Waals surface area contributed by atoms with Crippen molar-refractivity contribution in [3.05, 3.63) is 0 Å². The molecule has 0 spiro atoms. The zero-order valence-electron chi connectivity index (χ0n) is 9.51. The smallest absolute Gasteiger partial charge is 0.0214 e. The summed E-state index contributed by atoms with van der Waals surface area (Å²) < 4.78 is 0. The van der Waals surface area contributed by atoms with Gasteiger partial charge >= 0.3 is 0 Å². The highest BCUT2D eigenvalue weighted by Crippen LogP contribution is 2.29. The van der Waals surface area contributed by atoms with Crippen LogP contribution < -0.4 is 5.32 Å². The number of hydrogen-bond donors (Lipinski definition) is 1. The maximum atomic E-state index is 3.38. The lowest BCUT2D eigenvalue weighted by Gasteiger charge is -2.26. The molecule has 13 heavy (non-hydrogen) atoms. The minimum atomic E-state index is 0.642. The largest absolute Gasteiger partial charge is 0.315 e. The van der Waals surface area contributed by atoms with Gasteiger partial charge in [0.1, 0.15) is 0 Å². The Labute approximate surface area is 82.7 Å². The topological polar surface area (TPSA) is 15.3 Å². The standard InChI is InChI=1S/C11H24N2/c1-9(2)11(12-3)8-13(4)7-10-5-6-10/h9-12H,5-8H2,1-4H3. The van der Waals surface area contributed by atoms with Crippen LogP contribution in [0.4, 0.5) is 0 Å². The van der Waals surface area contributed by atoms with Crippen molar-refractivity contribution >= 4 is 0 Å². The molecule has 0 amide bonds. The van der Waals surface area contributed by atoms with Crippen molar-refractivity contribution in [3.8, 4) is 0 Å². The maximum Gasteiger partial charge on any atom is 0.0214 e. The molecule has 1 rings (SSSR count). The molecule has 0 aliphatic heterocycles. The zero-order chi connectivity index (χ0) is 9.84. The molecule has 0 bridgehead atoms. The summed E-state index contributed by atoms with van der Waals surface area (Å²) in [4.78, 5) is 2.47. The van der Waals surface area contributed by atoms with E-state index in [0.717, 1.165) is 11.8 Å². The van der Waals surface area contributed by atoms with Crippen LogP contribution in [-0.4, -0.2) is 38.1 Å². The SMILES string of the molecule is CNC(CN(C)CC1CC1)C(C)C. The van der Waals surface area contributed by atoms with Crippen molar-refractivity contribution in [1.82, 2.24) is 10.2 Å². The molecule has 2 heteroatoms. The first-order valence-corrected chi connectivity index (χ1v) is 5.49. The van der Waals surface area contributed by atoms with Gasteiger partial charge in [0.05, 0.1) is 0 Å². The number of likely N-dealkylation sites (N-methyl/N-ethyl adjacent to an activating group) is 2. The third-order valence-electron chi connectivity index (χ3n) is 2.95. The van der Waals surface area contributed by atoms with Gasteiger partial charge in [-0.3, -0.25) is 0 Å². The van der Waals surface area contributed by atoms with Gasteiger partial charge in [-0.15, -0.1) is 0 Å². The van der Waals surface area contributed by atoms with Crippen LogP contribution >= 0.6 is 0 Å². The van der Waals surface area contributed by atoms with Gasteiger partial charge in [0, 0.05) is 19.1 Å². The second kappa shape index (κ2) is 4.97. The lowest BCUT2D eigenvalue weighted by molar-refractivity contribution is 0.254. The highest BCUT2D eigenvalue weighted by molar-refractivity contribution is 4.79. The van der Waals surface area contributed by atoms with Crippen LogP contribution in [0, 0.1) is 11.8 Å². The Hall–Kier alpha value is -0.0800. The Balaban J connectivity index is 2.18. The lowest BCUT2D eigenvalue weighted by Crippen LogP contribution is -2.41. The lowest BCUT2D eigenvalue weighted by atomic mass is 10.0. The summed E-state index contributed by atoms with van der Waals surface area (Å²) in [5.41, 5.74) is 0. The Morgan fingerprint density at radius 3 is 2.38 bits per heavy atom. The van der Waals surface area contributed by atoms with E-state index in [1.807, 2.05) is 0 Å². The van der Waals surface area contributed by atoms with Crippen LogP contribution in [0.1, 0.15) is 26.7 Å². The third-order valence-corrected chi connectivity index (χ3v) is 2.95. The van der Waals surface area contributed by atoms with Gasteiger partial charge in [0.2, 0.25) is 0 Å². The summed E-state index contributed by atoms with van der Waals surface area (Å²) in [6, 6.07) is 0.642. The number of rotatable bonds is 6. The summed E-state index contributed by atoms with van der Waals surface area (Å²) in [6.45, 7) is 7.05. The molecular formula is C11H24N2. The Bertz CT molecular complexity index is 141. The van der Waals surface area contributed by atoms with Gasteiger partial charge in [0.15, 0.2) is 0 Å². The predicted octanol–water partition coefficient (Wildman–Crippen LogP) is 1.57. The summed E-state index contributed by atoms with van der Waals surface area (Å²) in [5.74, 6) is 1.74. The molecular weight excluding hydrogens is 160 g/mol. The Morgan fingerprint density at radius 2 is 2.00 bits per heavy atom. The van der Waals surface area contributed by atoms with Gasteiger partial charge < -0.3 is 10.2 Å². The normalized spacial score (nSPS) is 19.8. The van der Waals surface area contributed by atoms with Crippen molar-refractivity contribution < 1.29 is 0 Å². The fourth-order valence-electron chi connectivity index (χ4n) is 1.79. The van der Waals surface area contributed by atoms with E-state index in [0.29, 0.717) is 6.04 Å². The fraction of sp³-hybridized carbons (Fsp3) is 1.00. The molecule has 1 atom stereocenters. The molecule has 0 radical (unpaired) electrons. The molecule has 1 aliphatic carbocycles. The van der Waals surface area contributed by atoms with Crippen LogP contribution in [0.25, 0.3) is 0 Å². The fourth-order valence-corrected chi connectivity index (χ4v) is 1.79. The van der Waals surface area contributed by atoms with Crippen LogP contribution in [0.5, 0.6) is 0 Å². The van der Waals surface area contributed by atoms with E-state index in [4.69, 9.17) is 0 Å². The van der Waals surface area contributed by atoms with Gasteiger partial charge in [-0.05, 0) is 38.8 Å². The molecule has 1 N–H and O–H groups in total. The van der Waals surface area contributed by atoms with Crippen molar-refractivity contribution in [2.45, 2.75) is 32.7 Å². The highest BCUT2D eigenvalue weighted by Gasteiger charge is 2.24. The van der Waals surface area contributed by atoms with E-state index in [1.54, 1.807) is 0 Å². The molecule has 2 nitrogen and oxygen atoms in total. The van der Waals surface area contributed by atoms with Crippen molar-refractivity contribution in [1.29, 1.82) is 0 Å². The van der Waals surface area contributed by atoms with Gasteiger partial charge in [-0.2, -0.15) is 0 Å². The van der Waals surface area contributed by atoms with E-state index in [9.17, 15) is 0 Å². The number of nitrogens with one attached hydrogen (secondary N) is 1. The number of nitrogens with zero attached hydrogens (tertiary/aromatic N) is 1. The molecule has 78 valence electrons. The minimum Gasteiger partial charge on any atom is -0.315 e. The van der Waals surface area contributed by atoms with Crippen molar-refractivity contribution in [3.63, 3.8) is 0 Å². The molecule has 0 aromatic heterocycles. The van der Waals surface area contributed by atoms with E-state index in [-0.39, 0.29) is 0 Å². The van der Waals surface area contributed by atoms with Gasteiger partial charge in [-0.1, -0.05) is 13.8 Å². The highest BCUT2D eigenvalue weighted by atomic mass is 15.1. The Morgan fingerprint density at radius 1 is 1.38 bits per heavy atom. The van der Waals surface area contributed by atoms with Crippen LogP contribution in [0.3, 0.4) is 0 Å². The first-order chi connectivity index (χ1) is 6.13. The third kappa shape index (κ3) is 4.10. The van der Waals surface area contributed by atoms with Crippen molar-refractivity contribution in [2.24, 2.45) is 11.8 Å². The minimum absolute atomic E-state index is 0.642. The monoisotopic (exact) mass is 184 g/mol. The van der Waals surface area contributed by atoms with Crippen LogP contribution in [-0.2, 0) is 0 Å². The molecule has 0 aromatic carbocycles. The van der Waals surface area contributed by atoms with Gasteiger partial charge in [0.25, 0.3) is 0 Å². The Kier molecular flexibility index (Phi) is 4.20. The van der Waals surface area contributed by atoms with E-state index in [1.165, 1.54) is 25.9 Å². The zero-order valence-corrected chi connectivity index (χ0v) is 9.51.